The Morgan fingerprint density at radius 1 is 1.11 bits per heavy atom. The maximum absolute atomic E-state index is 11.9. The van der Waals surface area contributed by atoms with E-state index in [1.165, 1.54) is 7.05 Å². The molecule has 3 rings (SSSR count). The third kappa shape index (κ3) is 4.70. The molecule has 1 aromatic heterocycles. The number of hydrogen-bond acceptors (Lipinski definition) is 4. The molecule has 0 atom stereocenters. The number of anilines is 1. The Morgan fingerprint density at radius 3 is 2.57 bits per heavy atom. The molecule has 7 heteroatoms. The first-order valence-corrected chi connectivity index (χ1v) is 8.77. The van der Waals surface area contributed by atoms with Crippen molar-refractivity contribution in [3.05, 3.63) is 78.0 Å². The van der Waals surface area contributed by atoms with Gasteiger partial charge in [0.25, 0.3) is 0 Å². The van der Waals surface area contributed by atoms with Crippen molar-refractivity contribution < 1.29 is 14.2 Å². The Morgan fingerprint density at radius 2 is 1.86 bits per heavy atom. The molecular weight excluding hydrogens is 354 g/mol. The number of ether oxygens (including phenoxy) is 1. The topological polar surface area (TPSA) is 92.6 Å². The van der Waals surface area contributed by atoms with Gasteiger partial charge in [0.05, 0.1) is 12.7 Å². The fourth-order valence-corrected chi connectivity index (χ4v) is 2.58. The number of carbonyl (C=O) groups is 1. The molecule has 0 unspecified atom stereocenters. The Kier molecular flexibility index (Phi) is 5.96. The summed E-state index contributed by atoms with van der Waals surface area (Å²) in [6, 6.07) is 20.7. The number of hydrogen-bond donors (Lipinski definition) is 2. The number of aryl methyl sites for hydroxylation is 1. The summed E-state index contributed by atoms with van der Waals surface area (Å²) in [4.78, 5) is 16.5. The van der Waals surface area contributed by atoms with Crippen LogP contribution in [-0.2, 0) is 6.61 Å². The van der Waals surface area contributed by atoms with E-state index in [-0.39, 0.29) is 0 Å². The third-order valence-corrected chi connectivity index (χ3v) is 4.13. The van der Waals surface area contributed by atoms with Crippen LogP contribution in [-0.4, -0.2) is 22.8 Å². The molecule has 7 nitrogen and oxygen atoms in total. The average molecular weight is 376 g/mol. The number of aromatic nitrogens is 1. The van der Waals surface area contributed by atoms with Crippen molar-refractivity contribution >= 4 is 11.7 Å². The van der Waals surface area contributed by atoms with E-state index in [4.69, 9.17) is 10.6 Å². The smallest absolute Gasteiger partial charge is 0.459 e. The molecule has 0 saturated carbocycles. The summed E-state index contributed by atoms with van der Waals surface area (Å²) >= 11 is 0. The van der Waals surface area contributed by atoms with E-state index in [1.807, 2.05) is 61.5 Å². The summed E-state index contributed by atoms with van der Waals surface area (Å²) in [7, 11) is 1.46. The van der Waals surface area contributed by atoms with Crippen LogP contribution < -0.4 is 15.9 Å². The standard InChI is InChI=1S/C21H21N5O2/c1-15-6-5-8-18(23-15)17-12-10-16(11-13-17)14-28-20-9-4-3-7-19(20)24-21(27)26(2)25-22/h3-13,22H,14H2,1-2H3,(H,24,27)/p+1. The molecule has 3 N–H and O–H groups in total. The lowest BCUT2D eigenvalue weighted by molar-refractivity contribution is -0.466. The lowest BCUT2D eigenvalue weighted by atomic mass is 10.1. The molecule has 0 aliphatic carbocycles. The molecule has 0 fully saturated rings. The lowest BCUT2D eigenvalue weighted by Crippen LogP contribution is -2.23. The highest BCUT2D eigenvalue weighted by Crippen LogP contribution is 2.25. The van der Waals surface area contributed by atoms with Crippen LogP contribution in [0.5, 0.6) is 5.75 Å². The van der Waals surface area contributed by atoms with Crippen molar-refractivity contribution in [1.29, 1.82) is 0 Å². The molecule has 2 aromatic carbocycles. The minimum Gasteiger partial charge on any atom is -0.485 e. The van der Waals surface area contributed by atoms with Crippen molar-refractivity contribution in [3.63, 3.8) is 0 Å². The third-order valence-electron chi connectivity index (χ3n) is 4.13. The first kappa shape index (κ1) is 19.0. The minimum absolute atomic E-state index is 0.367. The van der Waals surface area contributed by atoms with Crippen LogP contribution in [0.25, 0.3) is 11.3 Å². The van der Waals surface area contributed by atoms with Gasteiger partial charge in [-0.2, -0.15) is 0 Å². The van der Waals surface area contributed by atoms with Crippen molar-refractivity contribution in [2.75, 3.05) is 12.4 Å². The van der Waals surface area contributed by atoms with E-state index in [9.17, 15) is 4.79 Å². The molecule has 0 radical (unpaired) electrons. The summed E-state index contributed by atoms with van der Waals surface area (Å²) in [6.07, 6.45) is 0. The van der Waals surface area contributed by atoms with Gasteiger partial charge in [-0.05, 0) is 36.8 Å². The second-order valence-electron chi connectivity index (χ2n) is 6.22. The minimum atomic E-state index is -0.450. The van der Waals surface area contributed by atoms with Crippen molar-refractivity contribution in [3.8, 4) is 17.0 Å². The summed E-state index contributed by atoms with van der Waals surface area (Å²) in [5.41, 5.74) is 4.52. The number of para-hydroxylation sites is 2. The first-order chi connectivity index (χ1) is 13.6. The quantitative estimate of drug-likeness (QED) is 0.303. The van der Waals surface area contributed by atoms with Gasteiger partial charge in [-0.1, -0.05) is 42.5 Å². The molecule has 3 aromatic rings. The number of amides is 2. The molecule has 0 aliphatic rings. The van der Waals surface area contributed by atoms with E-state index in [0.717, 1.165) is 27.2 Å². The van der Waals surface area contributed by atoms with Crippen LogP contribution in [0.1, 0.15) is 11.3 Å². The fraction of sp³-hybridized carbons (Fsp3) is 0.143. The van der Waals surface area contributed by atoms with Gasteiger partial charge in [-0.25, -0.2) is 16.0 Å². The van der Waals surface area contributed by atoms with Gasteiger partial charge in [0.2, 0.25) is 0 Å². The first-order valence-electron chi connectivity index (χ1n) is 8.77. The van der Waals surface area contributed by atoms with E-state index in [2.05, 4.69) is 15.5 Å². The summed E-state index contributed by atoms with van der Waals surface area (Å²) in [6.45, 7) is 2.34. The molecule has 1 heterocycles. The predicted octanol–water partition coefficient (Wildman–Crippen LogP) is 4.14. The maximum Gasteiger partial charge on any atom is 0.459 e. The van der Waals surface area contributed by atoms with Gasteiger partial charge in [0.15, 0.2) is 5.75 Å². The van der Waals surface area contributed by atoms with Gasteiger partial charge in [0, 0.05) is 16.5 Å². The van der Waals surface area contributed by atoms with Gasteiger partial charge in [0.1, 0.15) is 12.3 Å². The molecular formula is C21H22N5O2+. The zero-order chi connectivity index (χ0) is 19.9. The highest BCUT2D eigenvalue weighted by molar-refractivity contribution is 5.84. The van der Waals surface area contributed by atoms with Crippen LogP contribution in [0.15, 0.2) is 72.0 Å². The average Bonchev–Trinajstić information content (AvgIpc) is 2.73. The molecule has 0 spiro atoms. The Labute approximate surface area is 163 Å². The number of nitrogens with one attached hydrogen (secondary N) is 1. The van der Waals surface area contributed by atoms with Gasteiger partial charge in [-0.15, -0.1) is 4.70 Å². The number of nitrogens with two attached hydrogens (primary N) is 1. The van der Waals surface area contributed by atoms with Gasteiger partial charge >= 0.3 is 6.03 Å². The summed E-state index contributed by atoms with van der Waals surface area (Å²) in [5.74, 6) is 5.68. The highest BCUT2D eigenvalue weighted by atomic mass is 16.5. The second kappa shape index (κ2) is 8.77. The van der Waals surface area contributed by atoms with Crippen LogP contribution in [0, 0.1) is 6.92 Å². The van der Waals surface area contributed by atoms with E-state index in [1.54, 1.807) is 12.1 Å². The molecule has 0 saturated heterocycles. The Hall–Kier alpha value is -3.74. The number of carbonyl (C=O) groups excluding carboxylic acids is 1. The predicted molar refractivity (Wildman–Crippen MR) is 107 cm³/mol. The second-order valence-corrected chi connectivity index (χ2v) is 6.22. The van der Waals surface area contributed by atoms with Crippen LogP contribution >= 0.6 is 0 Å². The van der Waals surface area contributed by atoms with E-state index in [0.29, 0.717) is 18.0 Å². The molecule has 28 heavy (non-hydrogen) atoms. The molecule has 142 valence electrons. The van der Waals surface area contributed by atoms with Crippen molar-refractivity contribution in [2.45, 2.75) is 13.5 Å². The number of urea groups is 1. The highest BCUT2D eigenvalue weighted by Gasteiger charge is 2.14. The fourth-order valence-electron chi connectivity index (χ4n) is 2.58. The van der Waals surface area contributed by atoms with E-state index < -0.39 is 6.03 Å². The molecule has 0 bridgehead atoms. The number of pyridine rings is 1. The summed E-state index contributed by atoms with van der Waals surface area (Å²) in [5, 5.41) is 6.04. The SMILES string of the molecule is Cc1cccc(-c2ccc(COc3ccccc3NC(=O)/[N+](C)=N\N)cc2)n1. The zero-order valence-corrected chi connectivity index (χ0v) is 15.8. The van der Waals surface area contributed by atoms with Crippen molar-refractivity contribution in [2.24, 2.45) is 11.1 Å². The number of benzene rings is 2. The van der Waals surface area contributed by atoms with Gasteiger partial charge in [-0.3, -0.25) is 4.98 Å². The Balaban J connectivity index is 1.68. The monoisotopic (exact) mass is 376 g/mol. The van der Waals surface area contributed by atoms with Crippen LogP contribution in [0.4, 0.5) is 10.5 Å². The number of rotatable bonds is 5. The van der Waals surface area contributed by atoms with Crippen LogP contribution in [0.2, 0.25) is 0 Å². The Bertz CT molecular complexity index is 1000. The van der Waals surface area contributed by atoms with Crippen molar-refractivity contribution in [1.82, 2.24) is 4.98 Å². The summed E-state index contributed by atoms with van der Waals surface area (Å²) < 4.78 is 6.90. The largest absolute Gasteiger partial charge is 0.485 e. The van der Waals surface area contributed by atoms with Crippen LogP contribution in [0.3, 0.4) is 0 Å². The van der Waals surface area contributed by atoms with Gasteiger partial charge < -0.3 is 4.74 Å². The lowest BCUT2D eigenvalue weighted by Gasteiger charge is -2.10. The normalized spacial score (nSPS) is 11.1. The molecule has 0 aliphatic heterocycles. The molecule has 2 amide bonds. The van der Waals surface area contributed by atoms with E-state index >= 15 is 0 Å². The number of nitrogens with zero attached hydrogens (tertiary/aromatic N) is 3. The maximum atomic E-state index is 11.9. The zero-order valence-electron chi connectivity index (χ0n) is 15.8.